The fourth-order valence-electron chi connectivity index (χ4n) is 3.05. The Kier molecular flexibility index (Phi) is 5.69. The summed E-state index contributed by atoms with van der Waals surface area (Å²) in [5.74, 6) is 0. The molecule has 0 aromatic carbocycles. The molecule has 0 heterocycles. The molecule has 0 aromatic heterocycles. The molecule has 0 fully saturated rings. The fraction of sp³-hybridized carbons (Fsp3) is 0.579. The summed E-state index contributed by atoms with van der Waals surface area (Å²) < 4.78 is 0. The molecular formula is C19H28. The zero-order valence-electron chi connectivity index (χ0n) is 12.7. The highest BCUT2D eigenvalue weighted by atomic mass is 14.2. The molecule has 0 heteroatoms. The first-order valence-corrected chi connectivity index (χ1v) is 8.12. The van der Waals surface area contributed by atoms with Crippen LogP contribution in [0.1, 0.15) is 71.6 Å². The van der Waals surface area contributed by atoms with Gasteiger partial charge in [-0.1, -0.05) is 51.0 Å². The van der Waals surface area contributed by atoms with Gasteiger partial charge >= 0.3 is 0 Å². The van der Waals surface area contributed by atoms with Crippen LogP contribution in [0.25, 0.3) is 0 Å². The lowest BCUT2D eigenvalue weighted by Gasteiger charge is -2.12. The minimum absolute atomic E-state index is 1.16. The summed E-state index contributed by atoms with van der Waals surface area (Å²) in [5.41, 5.74) is 6.49. The summed E-state index contributed by atoms with van der Waals surface area (Å²) in [7, 11) is 0. The number of hydrogen-bond acceptors (Lipinski definition) is 0. The average Bonchev–Trinajstić information content (AvgIpc) is 3.04. The van der Waals surface area contributed by atoms with E-state index in [4.69, 9.17) is 0 Å². The molecule has 0 aromatic rings. The van der Waals surface area contributed by atoms with Crippen LogP contribution in [0.3, 0.4) is 0 Å². The van der Waals surface area contributed by atoms with E-state index in [1.54, 1.807) is 22.3 Å². The first-order chi connectivity index (χ1) is 9.35. The lowest BCUT2D eigenvalue weighted by Crippen LogP contribution is -1.93. The molecule has 104 valence electrons. The third-order valence-corrected chi connectivity index (χ3v) is 4.26. The van der Waals surface area contributed by atoms with Gasteiger partial charge in [0.05, 0.1) is 0 Å². The van der Waals surface area contributed by atoms with Gasteiger partial charge in [0, 0.05) is 0 Å². The lowest BCUT2D eigenvalue weighted by molar-refractivity contribution is 0.780. The highest BCUT2D eigenvalue weighted by molar-refractivity contribution is 5.46. The molecule has 0 radical (unpaired) electrons. The van der Waals surface area contributed by atoms with Crippen molar-refractivity contribution in [3.05, 3.63) is 46.6 Å². The molecule has 0 spiro atoms. The van der Waals surface area contributed by atoms with Crippen molar-refractivity contribution in [2.45, 2.75) is 71.6 Å². The second kappa shape index (κ2) is 7.53. The molecule has 0 bridgehead atoms. The Morgan fingerprint density at radius 3 is 1.53 bits per heavy atom. The van der Waals surface area contributed by atoms with Gasteiger partial charge in [0.1, 0.15) is 0 Å². The fourth-order valence-corrected chi connectivity index (χ4v) is 3.05. The maximum absolute atomic E-state index is 2.45. The molecule has 0 aliphatic heterocycles. The van der Waals surface area contributed by atoms with E-state index in [0.717, 1.165) is 12.8 Å². The molecule has 0 N–H and O–H groups in total. The van der Waals surface area contributed by atoms with E-state index >= 15 is 0 Å². The molecule has 0 saturated heterocycles. The Hall–Kier alpha value is -1.04. The summed E-state index contributed by atoms with van der Waals surface area (Å²) >= 11 is 0. The maximum Gasteiger partial charge on any atom is -0.00266 e. The van der Waals surface area contributed by atoms with Crippen LogP contribution in [-0.4, -0.2) is 0 Å². The van der Waals surface area contributed by atoms with Gasteiger partial charge in [-0.05, 0) is 67.2 Å². The predicted molar refractivity (Wildman–Crippen MR) is 85.2 cm³/mol. The van der Waals surface area contributed by atoms with E-state index in [-0.39, 0.29) is 0 Å². The van der Waals surface area contributed by atoms with Gasteiger partial charge in [-0.2, -0.15) is 0 Å². The first kappa shape index (κ1) is 14.4. The van der Waals surface area contributed by atoms with E-state index in [2.05, 4.69) is 38.2 Å². The normalized spacial score (nSPS) is 18.2. The predicted octanol–water partition coefficient (Wildman–Crippen LogP) is 6.27. The van der Waals surface area contributed by atoms with Crippen LogP contribution in [-0.2, 0) is 0 Å². The zero-order valence-corrected chi connectivity index (χ0v) is 12.7. The van der Waals surface area contributed by atoms with Crippen LogP contribution in [0.15, 0.2) is 46.6 Å². The summed E-state index contributed by atoms with van der Waals surface area (Å²) in [6.45, 7) is 4.56. The second-order valence-electron chi connectivity index (χ2n) is 5.77. The molecule has 19 heavy (non-hydrogen) atoms. The van der Waals surface area contributed by atoms with Crippen molar-refractivity contribution < 1.29 is 0 Å². The van der Waals surface area contributed by atoms with Gasteiger partial charge in [0.25, 0.3) is 0 Å². The van der Waals surface area contributed by atoms with Crippen molar-refractivity contribution in [3.8, 4) is 0 Å². The third-order valence-electron chi connectivity index (χ3n) is 4.26. The Bertz CT molecular complexity index is 375. The van der Waals surface area contributed by atoms with Gasteiger partial charge in [-0.25, -0.2) is 0 Å². The molecule has 0 saturated carbocycles. The Morgan fingerprint density at radius 2 is 1.11 bits per heavy atom. The van der Waals surface area contributed by atoms with Crippen molar-refractivity contribution in [1.29, 1.82) is 0 Å². The average molecular weight is 256 g/mol. The van der Waals surface area contributed by atoms with Crippen LogP contribution in [0.2, 0.25) is 0 Å². The SMILES string of the molecule is CCCCC1=CCC=C1CC1=CCC=C1CCCC. The van der Waals surface area contributed by atoms with Crippen molar-refractivity contribution >= 4 is 0 Å². The molecule has 0 nitrogen and oxygen atoms in total. The van der Waals surface area contributed by atoms with Crippen molar-refractivity contribution in [2.75, 3.05) is 0 Å². The van der Waals surface area contributed by atoms with Crippen LogP contribution < -0.4 is 0 Å². The van der Waals surface area contributed by atoms with E-state index in [0.29, 0.717) is 0 Å². The summed E-state index contributed by atoms with van der Waals surface area (Å²) in [6, 6.07) is 0. The minimum atomic E-state index is 1.16. The molecule has 0 unspecified atom stereocenters. The summed E-state index contributed by atoms with van der Waals surface area (Å²) in [5, 5.41) is 0. The van der Waals surface area contributed by atoms with E-state index in [1.165, 1.54) is 44.9 Å². The highest BCUT2D eigenvalue weighted by Gasteiger charge is 2.15. The van der Waals surface area contributed by atoms with Crippen LogP contribution in [0.4, 0.5) is 0 Å². The quantitative estimate of drug-likeness (QED) is 0.480. The summed E-state index contributed by atoms with van der Waals surface area (Å²) in [4.78, 5) is 0. The standard InChI is InChI=1S/C19H28/c1-3-5-9-16-11-7-13-18(16)15-19-14-8-12-17(19)10-6-4-2/h11-14H,3-10,15H2,1-2H3. The monoisotopic (exact) mass is 256 g/mol. The van der Waals surface area contributed by atoms with E-state index in [9.17, 15) is 0 Å². The highest BCUT2D eigenvalue weighted by Crippen LogP contribution is 2.35. The van der Waals surface area contributed by atoms with Crippen molar-refractivity contribution in [1.82, 2.24) is 0 Å². The number of rotatable bonds is 8. The first-order valence-electron chi connectivity index (χ1n) is 8.12. The Labute approximate surface area is 119 Å². The number of unbranched alkanes of at least 4 members (excludes halogenated alkanes) is 2. The maximum atomic E-state index is 2.45. The van der Waals surface area contributed by atoms with Crippen LogP contribution in [0.5, 0.6) is 0 Å². The molecule has 0 atom stereocenters. The molecule has 2 aliphatic rings. The van der Waals surface area contributed by atoms with Crippen LogP contribution in [0, 0.1) is 0 Å². The lowest BCUT2D eigenvalue weighted by atomic mass is 9.93. The third kappa shape index (κ3) is 3.96. The van der Waals surface area contributed by atoms with E-state index in [1.807, 2.05) is 0 Å². The molecule has 2 rings (SSSR count). The molecule has 0 amide bonds. The van der Waals surface area contributed by atoms with Gasteiger partial charge in [-0.15, -0.1) is 0 Å². The van der Waals surface area contributed by atoms with Gasteiger partial charge in [0.15, 0.2) is 0 Å². The van der Waals surface area contributed by atoms with Gasteiger partial charge < -0.3 is 0 Å². The zero-order chi connectivity index (χ0) is 13.5. The van der Waals surface area contributed by atoms with Gasteiger partial charge in [-0.3, -0.25) is 0 Å². The number of hydrogen-bond donors (Lipinski definition) is 0. The molecule has 2 aliphatic carbocycles. The Balaban J connectivity index is 1.91. The Morgan fingerprint density at radius 1 is 0.684 bits per heavy atom. The van der Waals surface area contributed by atoms with E-state index < -0.39 is 0 Å². The molecular weight excluding hydrogens is 228 g/mol. The topological polar surface area (TPSA) is 0 Å². The van der Waals surface area contributed by atoms with Crippen LogP contribution >= 0.6 is 0 Å². The van der Waals surface area contributed by atoms with Crippen molar-refractivity contribution in [3.63, 3.8) is 0 Å². The largest absolute Gasteiger partial charge is 0.0772 e. The number of allylic oxidation sites excluding steroid dienone is 8. The minimum Gasteiger partial charge on any atom is -0.0772 e. The smallest absolute Gasteiger partial charge is 0.00266 e. The van der Waals surface area contributed by atoms with Crippen molar-refractivity contribution in [2.24, 2.45) is 0 Å². The van der Waals surface area contributed by atoms with Gasteiger partial charge in [0.2, 0.25) is 0 Å². The summed E-state index contributed by atoms with van der Waals surface area (Å²) in [6.07, 6.45) is 21.1. The second-order valence-corrected chi connectivity index (χ2v) is 5.77.